The van der Waals surface area contributed by atoms with Crippen molar-refractivity contribution in [3.8, 4) is 23.0 Å². The quantitative estimate of drug-likeness (QED) is 0.768. The van der Waals surface area contributed by atoms with E-state index in [1.807, 2.05) is 30.3 Å². The molecule has 2 aromatic rings. The van der Waals surface area contributed by atoms with Gasteiger partial charge in [0.25, 0.3) is 0 Å². The highest BCUT2D eigenvalue weighted by Crippen LogP contribution is 2.37. The van der Waals surface area contributed by atoms with E-state index >= 15 is 0 Å². The van der Waals surface area contributed by atoms with Crippen LogP contribution >= 0.6 is 0 Å². The Kier molecular flexibility index (Phi) is 4.61. The molecule has 1 saturated heterocycles. The van der Waals surface area contributed by atoms with Gasteiger partial charge in [-0.25, -0.2) is 0 Å². The summed E-state index contributed by atoms with van der Waals surface area (Å²) in [4.78, 5) is 28.8. The zero-order chi connectivity index (χ0) is 20.7. The van der Waals surface area contributed by atoms with Crippen molar-refractivity contribution in [3.05, 3.63) is 42.5 Å². The summed E-state index contributed by atoms with van der Waals surface area (Å²) in [5, 5.41) is 0. The third-order valence-electron chi connectivity index (χ3n) is 5.56. The van der Waals surface area contributed by atoms with E-state index in [9.17, 15) is 9.59 Å². The average Bonchev–Trinajstić information content (AvgIpc) is 3.38. The molecule has 5 rings (SSSR count). The summed E-state index contributed by atoms with van der Waals surface area (Å²) in [7, 11) is 1.74. The molecule has 8 heteroatoms. The van der Waals surface area contributed by atoms with E-state index in [-0.39, 0.29) is 31.1 Å². The number of likely N-dealkylation sites (N-methyl/N-ethyl adjacent to an activating group) is 1. The first kappa shape index (κ1) is 18.6. The highest BCUT2D eigenvalue weighted by Gasteiger charge is 2.37. The topological polar surface area (TPSA) is 77.5 Å². The molecule has 30 heavy (non-hydrogen) atoms. The van der Waals surface area contributed by atoms with Gasteiger partial charge in [-0.2, -0.15) is 0 Å². The molecule has 2 unspecified atom stereocenters. The second-order valence-corrected chi connectivity index (χ2v) is 7.66. The number of amides is 2. The number of anilines is 1. The number of para-hydroxylation sites is 2. The van der Waals surface area contributed by atoms with Crippen LogP contribution in [0.5, 0.6) is 23.0 Å². The van der Waals surface area contributed by atoms with Crippen LogP contribution in [0.3, 0.4) is 0 Å². The number of fused-ring (bicyclic) bond motifs is 2. The van der Waals surface area contributed by atoms with Crippen molar-refractivity contribution in [1.82, 2.24) is 4.90 Å². The fraction of sp³-hybridized carbons (Fsp3) is 0.364. The molecule has 2 aromatic carbocycles. The Bertz CT molecular complexity index is 993. The molecule has 3 aliphatic heterocycles. The van der Waals surface area contributed by atoms with E-state index in [0.29, 0.717) is 48.4 Å². The summed E-state index contributed by atoms with van der Waals surface area (Å²) in [5.74, 6) is 2.12. The van der Waals surface area contributed by atoms with Crippen LogP contribution in [0.2, 0.25) is 0 Å². The molecule has 0 spiro atoms. The number of ether oxygens (including phenoxy) is 4. The first-order valence-electron chi connectivity index (χ1n) is 9.92. The maximum atomic E-state index is 13.0. The van der Waals surface area contributed by atoms with Crippen molar-refractivity contribution in [3.63, 3.8) is 0 Å². The van der Waals surface area contributed by atoms with Gasteiger partial charge >= 0.3 is 0 Å². The highest BCUT2D eigenvalue weighted by molar-refractivity contribution is 6.00. The lowest BCUT2D eigenvalue weighted by molar-refractivity contribution is -0.135. The van der Waals surface area contributed by atoms with Gasteiger partial charge in [-0.3, -0.25) is 9.59 Å². The van der Waals surface area contributed by atoms with E-state index in [4.69, 9.17) is 18.9 Å². The minimum absolute atomic E-state index is 0.0750. The zero-order valence-corrected chi connectivity index (χ0v) is 16.6. The zero-order valence-electron chi connectivity index (χ0n) is 16.6. The van der Waals surface area contributed by atoms with Crippen LogP contribution in [-0.2, 0) is 9.59 Å². The van der Waals surface area contributed by atoms with E-state index in [2.05, 4.69) is 0 Å². The van der Waals surface area contributed by atoms with Crippen LogP contribution in [0.1, 0.15) is 6.42 Å². The molecule has 0 saturated carbocycles. The molecule has 0 aliphatic carbocycles. The van der Waals surface area contributed by atoms with Crippen LogP contribution in [0, 0.1) is 5.92 Å². The molecule has 2 amide bonds. The number of rotatable bonds is 4. The van der Waals surface area contributed by atoms with Gasteiger partial charge in [0.2, 0.25) is 18.6 Å². The summed E-state index contributed by atoms with van der Waals surface area (Å²) in [6.45, 7) is 1.28. The molecule has 3 aliphatic rings. The molecule has 2 atom stereocenters. The first-order chi connectivity index (χ1) is 14.6. The average molecular weight is 410 g/mol. The monoisotopic (exact) mass is 410 g/mol. The van der Waals surface area contributed by atoms with Gasteiger partial charge in [-0.05, 0) is 24.3 Å². The first-order valence-corrected chi connectivity index (χ1v) is 9.92. The Morgan fingerprint density at radius 1 is 1.07 bits per heavy atom. The lowest BCUT2D eigenvalue weighted by atomic mass is 10.1. The van der Waals surface area contributed by atoms with Gasteiger partial charge in [0, 0.05) is 31.8 Å². The SMILES string of the molecule is CN(CC1COc2ccccc2O1)C(=O)C1CC(=O)N(c2ccc3c(c2)OCO3)C1. The van der Waals surface area contributed by atoms with Gasteiger partial charge < -0.3 is 28.7 Å². The minimum Gasteiger partial charge on any atom is -0.486 e. The maximum absolute atomic E-state index is 13.0. The second kappa shape index (κ2) is 7.44. The van der Waals surface area contributed by atoms with Crippen molar-refractivity contribution in [2.75, 3.05) is 38.4 Å². The largest absolute Gasteiger partial charge is 0.486 e. The van der Waals surface area contributed by atoms with Gasteiger partial charge in [-0.1, -0.05) is 12.1 Å². The van der Waals surface area contributed by atoms with Crippen LogP contribution < -0.4 is 23.8 Å². The molecule has 0 aromatic heterocycles. The number of nitrogens with zero attached hydrogens (tertiary/aromatic N) is 2. The van der Waals surface area contributed by atoms with Gasteiger partial charge in [0.1, 0.15) is 6.61 Å². The van der Waals surface area contributed by atoms with E-state index < -0.39 is 5.92 Å². The fourth-order valence-electron chi connectivity index (χ4n) is 4.04. The fourth-order valence-corrected chi connectivity index (χ4v) is 4.04. The normalized spacial score (nSPS) is 21.6. The summed E-state index contributed by atoms with van der Waals surface area (Å²) in [5.41, 5.74) is 0.711. The molecule has 0 radical (unpaired) electrons. The Balaban J connectivity index is 1.22. The number of hydrogen-bond acceptors (Lipinski definition) is 6. The summed E-state index contributed by atoms with van der Waals surface area (Å²) in [6, 6.07) is 12.9. The molecule has 156 valence electrons. The van der Waals surface area contributed by atoms with Gasteiger partial charge in [-0.15, -0.1) is 0 Å². The predicted octanol–water partition coefficient (Wildman–Crippen LogP) is 2.07. The molecule has 3 heterocycles. The minimum atomic E-state index is -0.398. The van der Waals surface area contributed by atoms with E-state index in [0.717, 1.165) is 0 Å². The van der Waals surface area contributed by atoms with Gasteiger partial charge in [0.15, 0.2) is 29.1 Å². The highest BCUT2D eigenvalue weighted by atomic mass is 16.7. The molecular weight excluding hydrogens is 388 g/mol. The smallest absolute Gasteiger partial charge is 0.231 e. The number of carbonyl (C=O) groups excluding carboxylic acids is 2. The Morgan fingerprint density at radius 2 is 1.83 bits per heavy atom. The van der Waals surface area contributed by atoms with Crippen molar-refractivity contribution < 1.29 is 28.5 Å². The predicted molar refractivity (Wildman–Crippen MR) is 107 cm³/mol. The number of carbonyl (C=O) groups is 2. The van der Waals surface area contributed by atoms with Gasteiger partial charge in [0.05, 0.1) is 12.5 Å². The molecule has 0 N–H and O–H groups in total. The molecular formula is C22H22N2O6. The standard InChI is InChI=1S/C22H22N2O6/c1-23(11-16-12-27-17-4-2-3-5-19(17)30-16)22(26)14-8-21(25)24(10-14)15-6-7-18-20(9-15)29-13-28-18/h2-7,9,14,16H,8,10-13H2,1H3. The summed E-state index contributed by atoms with van der Waals surface area (Å²) >= 11 is 0. The Labute approximate surface area is 173 Å². The lowest BCUT2D eigenvalue weighted by Gasteiger charge is -2.30. The Morgan fingerprint density at radius 3 is 2.70 bits per heavy atom. The van der Waals surface area contributed by atoms with Crippen molar-refractivity contribution >= 4 is 17.5 Å². The summed E-state index contributed by atoms with van der Waals surface area (Å²) < 4.78 is 22.4. The van der Waals surface area contributed by atoms with Crippen molar-refractivity contribution in [1.29, 1.82) is 0 Å². The molecule has 8 nitrogen and oxygen atoms in total. The number of benzene rings is 2. The maximum Gasteiger partial charge on any atom is 0.231 e. The van der Waals surface area contributed by atoms with Crippen molar-refractivity contribution in [2.24, 2.45) is 5.92 Å². The van der Waals surface area contributed by atoms with Crippen molar-refractivity contribution in [2.45, 2.75) is 12.5 Å². The van der Waals surface area contributed by atoms with Crippen LogP contribution in [0.25, 0.3) is 0 Å². The lowest BCUT2D eigenvalue weighted by Crippen LogP contribution is -2.44. The van der Waals surface area contributed by atoms with Crippen LogP contribution in [0.15, 0.2) is 42.5 Å². The third-order valence-corrected chi connectivity index (χ3v) is 5.56. The van der Waals surface area contributed by atoms with E-state index in [1.54, 1.807) is 29.0 Å². The number of hydrogen-bond donors (Lipinski definition) is 0. The molecule has 1 fully saturated rings. The third kappa shape index (κ3) is 3.38. The van der Waals surface area contributed by atoms with Crippen LogP contribution in [0.4, 0.5) is 5.69 Å². The molecule has 0 bridgehead atoms. The van der Waals surface area contributed by atoms with E-state index in [1.165, 1.54) is 0 Å². The Hall–Kier alpha value is -3.42. The summed E-state index contributed by atoms with van der Waals surface area (Å²) in [6.07, 6.45) is -0.0708. The second-order valence-electron chi connectivity index (χ2n) is 7.66. The van der Waals surface area contributed by atoms with Crippen LogP contribution in [-0.4, -0.2) is 56.4 Å².